The van der Waals surface area contributed by atoms with Gasteiger partial charge in [0.15, 0.2) is 16.7 Å². The third-order valence-corrected chi connectivity index (χ3v) is 6.54. The number of carbonyl (C=O) groups excluding carboxylic acids is 1. The summed E-state index contributed by atoms with van der Waals surface area (Å²) in [5, 5.41) is 3.18. The van der Waals surface area contributed by atoms with Crippen LogP contribution in [0.4, 0.5) is 19.6 Å². The smallest absolute Gasteiger partial charge is 0.269 e. The average molecular weight is 520 g/mol. The van der Waals surface area contributed by atoms with E-state index in [-0.39, 0.29) is 17.0 Å². The van der Waals surface area contributed by atoms with E-state index in [2.05, 4.69) is 15.3 Å². The lowest BCUT2D eigenvalue weighted by Gasteiger charge is -2.11. The van der Waals surface area contributed by atoms with Crippen molar-refractivity contribution >= 4 is 38.4 Å². The lowest BCUT2D eigenvalue weighted by molar-refractivity contribution is 0.102. The highest BCUT2D eigenvalue weighted by molar-refractivity contribution is 7.21. The lowest BCUT2D eigenvalue weighted by atomic mass is 10.2. The molecule has 1 amide bonds. The minimum atomic E-state index is -0.746. The second-order valence-corrected chi connectivity index (χ2v) is 9.10. The molecule has 0 unspecified atom stereocenters. The number of nitrogens with one attached hydrogen (secondary N) is 1. The molecular weight excluding hydrogens is 500 g/mol. The molecule has 5 rings (SSSR count). The molecule has 11 heteroatoms. The maximum atomic E-state index is 14.7. The third kappa shape index (κ3) is 4.89. The largest absolute Gasteiger partial charge is 0.454 e. The SMILES string of the molecule is CN(C)c1nc2cc(C(=O)Nc3ccc(Oc4ccncc4)c(F)c3)c(=O)n(-c3ccc(F)cc3)c2s1. The minimum Gasteiger partial charge on any atom is -0.454 e. The van der Waals surface area contributed by atoms with Gasteiger partial charge in [-0.1, -0.05) is 11.3 Å². The number of rotatable bonds is 6. The Balaban J connectivity index is 1.51. The number of amides is 1. The molecule has 186 valence electrons. The van der Waals surface area contributed by atoms with E-state index in [0.29, 0.717) is 26.9 Å². The molecule has 8 nitrogen and oxygen atoms in total. The van der Waals surface area contributed by atoms with Gasteiger partial charge in [0.1, 0.15) is 27.5 Å². The third-order valence-electron chi connectivity index (χ3n) is 5.32. The van der Waals surface area contributed by atoms with Gasteiger partial charge in [0.25, 0.3) is 11.5 Å². The van der Waals surface area contributed by atoms with Gasteiger partial charge in [-0.15, -0.1) is 0 Å². The normalized spacial score (nSPS) is 10.9. The van der Waals surface area contributed by atoms with Crippen LogP contribution in [0.1, 0.15) is 10.4 Å². The summed E-state index contributed by atoms with van der Waals surface area (Å²) in [4.78, 5) is 37.3. The van der Waals surface area contributed by atoms with E-state index >= 15 is 0 Å². The first-order valence-electron chi connectivity index (χ1n) is 11.0. The first kappa shape index (κ1) is 24.1. The predicted molar refractivity (Wildman–Crippen MR) is 138 cm³/mol. The molecule has 0 fully saturated rings. The van der Waals surface area contributed by atoms with Gasteiger partial charge in [-0.25, -0.2) is 13.8 Å². The van der Waals surface area contributed by atoms with Crippen LogP contribution in [0, 0.1) is 11.6 Å². The Labute approximate surface area is 213 Å². The van der Waals surface area contributed by atoms with Gasteiger partial charge in [0.2, 0.25) is 0 Å². The molecule has 3 heterocycles. The number of ether oxygens (including phenoxy) is 1. The van der Waals surface area contributed by atoms with Crippen LogP contribution in [-0.2, 0) is 0 Å². The van der Waals surface area contributed by atoms with E-state index in [1.54, 1.807) is 17.0 Å². The molecule has 2 aromatic carbocycles. The molecule has 5 aromatic rings. The van der Waals surface area contributed by atoms with Crippen molar-refractivity contribution in [2.24, 2.45) is 0 Å². The molecule has 0 aliphatic heterocycles. The van der Waals surface area contributed by atoms with Gasteiger partial charge in [-0.3, -0.25) is 19.1 Å². The summed E-state index contributed by atoms with van der Waals surface area (Å²) in [5.74, 6) is -1.55. The van der Waals surface area contributed by atoms with Gasteiger partial charge in [0, 0.05) is 38.2 Å². The highest BCUT2D eigenvalue weighted by Gasteiger charge is 2.21. The van der Waals surface area contributed by atoms with E-state index in [0.717, 1.165) is 6.07 Å². The van der Waals surface area contributed by atoms with Crippen molar-refractivity contribution in [1.82, 2.24) is 14.5 Å². The number of carbonyl (C=O) groups is 1. The number of hydrogen-bond acceptors (Lipinski definition) is 7. The van der Waals surface area contributed by atoms with Crippen LogP contribution in [-0.4, -0.2) is 34.5 Å². The number of fused-ring (bicyclic) bond motifs is 1. The lowest BCUT2D eigenvalue weighted by Crippen LogP contribution is -2.28. The van der Waals surface area contributed by atoms with Crippen molar-refractivity contribution in [2.45, 2.75) is 0 Å². The summed E-state index contributed by atoms with van der Waals surface area (Å²) < 4.78 is 35.0. The molecular formula is C26H19F2N5O3S. The van der Waals surface area contributed by atoms with Gasteiger partial charge in [0.05, 0.1) is 5.69 Å². The second-order valence-electron chi connectivity index (χ2n) is 8.14. The van der Waals surface area contributed by atoms with Crippen LogP contribution in [0.25, 0.3) is 16.0 Å². The Morgan fingerprint density at radius 3 is 2.43 bits per heavy atom. The maximum Gasteiger partial charge on any atom is 0.269 e. The molecule has 1 N–H and O–H groups in total. The molecule has 3 aromatic heterocycles. The summed E-state index contributed by atoms with van der Waals surface area (Å²) in [7, 11) is 3.62. The van der Waals surface area contributed by atoms with Crippen molar-refractivity contribution in [2.75, 3.05) is 24.3 Å². The fraction of sp³-hybridized carbons (Fsp3) is 0.0769. The molecule has 0 aliphatic rings. The highest BCUT2D eigenvalue weighted by atomic mass is 32.1. The number of benzene rings is 2. The van der Waals surface area contributed by atoms with Crippen LogP contribution in [0.3, 0.4) is 0 Å². The average Bonchev–Trinajstić information content (AvgIpc) is 3.31. The number of nitrogens with zero attached hydrogens (tertiary/aromatic N) is 4. The van der Waals surface area contributed by atoms with E-state index in [1.807, 2.05) is 14.1 Å². The predicted octanol–water partition coefficient (Wildman–Crippen LogP) is 5.23. The van der Waals surface area contributed by atoms with E-state index in [4.69, 9.17) is 4.74 Å². The zero-order valence-corrected chi connectivity index (χ0v) is 20.4. The van der Waals surface area contributed by atoms with Crippen molar-refractivity contribution in [3.05, 3.63) is 101 Å². The quantitative estimate of drug-likeness (QED) is 0.331. The number of aromatic nitrogens is 3. The Kier molecular flexibility index (Phi) is 6.36. The van der Waals surface area contributed by atoms with Crippen LogP contribution in [0.2, 0.25) is 0 Å². The fourth-order valence-corrected chi connectivity index (χ4v) is 4.54. The Morgan fingerprint density at radius 2 is 1.76 bits per heavy atom. The first-order valence-corrected chi connectivity index (χ1v) is 11.8. The van der Waals surface area contributed by atoms with Gasteiger partial charge >= 0.3 is 0 Å². The van der Waals surface area contributed by atoms with Crippen LogP contribution in [0.15, 0.2) is 77.9 Å². The van der Waals surface area contributed by atoms with Gasteiger partial charge < -0.3 is 15.0 Å². The Morgan fingerprint density at radius 1 is 1.03 bits per heavy atom. The van der Waals surface area contributed by atoms with Crippen molar-refractivity contribution in [3.63, 3.8) is 0 Å². The maximum absolute atomic E-state index is 14.7. The molecule has 0 atom stereocenters. The number of pyridine rings is 2. The van der Waals surface area contributed by atoms with Crippen LogP contribution >= 0.6 is 11.3 Å². The molecule has 37 heavy (non-hydrogen) atoms. The Bertz CT molecular complexity index is 1670. The summed E-state index contributed by atoms with van der Waals surface area (Å²) in [6.45, 7) is 0. The molecule has 0 bridgehead atoms. The number of halogens is 2. The standard InChI is InChI=1S/C26H19F2N5O3S/c1-32(2)26-31-21-14-19(24(35)33(25(21)37-26)17-6-3-15(27)4-7-17)23(34)30-16-5-8-22(20(28)13-16)36-18-9-11-29-12-10-18/h3-14H,1-2H3,(H,30,34). The number of hydrogen-bond donors (Lipinski definition) is 1. The van der Waals surface area contributed by atoms with Crippen LogP contribution < -0.4 is 20.5 Å². The number of anilines is 2. The molecule has 0 saturated carbocycles. The zero-order chi connectivity index (χ0) is 26.1. The van der Waals surface area contributed by atoms with Crippen LogP contribution in [0.5, 0.6) is 11.5 Å². The zero-order valence-electron chi connectivity index (χ0n) is 19.6. The van der Waals surface area contributed by atoms with Gasteiger partial charge in [-0.2, -0.15) is 0 Å². The van der Waals surface area contributed by atoms with E-state index in [1.165, 1.54) is 70.8 Å². The number of thiazole rings is 1. The summed E-state index contributed by atoms with van der Waals surface area (Å²) >= 11 is 1.26. The summed E-state index contributed by atoms with van der Waals surface area (Å²) in [6.07, 6.45) is 3.03. The molecule has 0 spiro atoms. The first-order chi connectivity index (χ1) is 17.8. The second kappa shape index (κ2) is 9.78. The highest BCUT2D eigenvalue weighted by Crippen LogP contribution is 2.30. The van der Waals surface area contributed by atoms with Crippen molar-refractivity contribution < 1.29 is 18.3 Å². The fourth-order valence-electron chi connectivity index (χ4n) is 3.55. The topological polar surface area (TPSA) is 89.4 Å². The molecule has 0 aliphatic carbocycles. The minimum absolute atomic E-state index is 0.0389. The molecule has 0 saturated heterocycles. The molecule has 0 radical (unpaired) electrons. The van der Waals surface area contributed by atoms with E-state index < -0.39 is 23.1 Å². The van der Waals surface area contributed by atoms with Gasteiger partial charge in [-0.05, 0) is 54.6 Å². The van der Waals surface area contributed by atoms with Crippen molar-refractivity contribution in [1.29, 1.82) is 0 Å². The van der Waals surface area contributed by atoms with E-state index in [9.17, 15) is 18.4 Å². The summed E-state index contributed by atoms with van der Waals surface area (Å²) in [5.41, 5.74) is 0.0945. The monoisotopic (exact) mass is 519 g/mol. The Hall–Kier alpha value is -4.64. The van der Waals surface area contributed by atoms with Crippen molar-refractivity contribution in [3.8, 4) is 17.2 Å². The summed E-state index contributed by atoms with van der Waals surface area (Å²) in [6, 6.07) is 13.8.